The molecule has 3 aromatic rings. The summed E-state index contributed by atoms with van der Waals surface area (Å²) in [6.45, 7) is 3.37. The SMILES string of the molecule is Cc1nc(Cl)c([N+](=O)[O-])c(/C=C(/c2cc3ccccc3o2)N2CCCC2)n1. The summed E-state index contributed by atoms with van der Waals surface area (Å²) in [5, 5.41) is 12.3. The van der Waals surface area contributed by atoms with Crippen molar-refractivity contribution in [3.8, 4) is 0 Å². The summed E-state index contributed by atoms with van der Waals surface area (Å²) in [5.74, 6) is 1.03. The number of benzene rings is 1. The number of nitro groups is 1. The van der Waals surface area contributed by atoms with Crippen LogP contribution in [0.1, 0.15) is 30.1 Å². The number of aromatic nitrogens is 2. The van der Waals surface area contributed by atoms with Gasteiger partial charge < -0.3 is 9.32 Å². The Hall–Kier alpha value is -2.93. The number of hydrogen-bond acceptors (Lipinski definition) is 6. The van der Waals surface area contributed by atoms with Crippen molar-refractivity contribution in [3.05, 3.63) is 62.9 Å². The van der Waals surface area contributed by atoms with Crippen molar-refractivity contribution < 1.29 is 9.34 Å². The van der Waals surface area contributed by atoms with Crippen molar-refractivity contribution in [2.45, 2.75) is 19.8 Å². The molecule has 0 amide bonds. The number of aryl methyl sites for hydroxylation is 1. The molecule has 0 radical (unpaired) electrons. The molecule has 1 fully saturated rings. The number of hydrogen-bond donors (Lipinski definition) is 0. The molecule has 0 atom stereocenters. The smallest absolute Gasteiger partial charge is 0.331 e. The van der Waals surface area contributed by atoms with E-state index in [1.807, 2.05) is 30.3 Å². The van der Waals surface area contributed by atoms with Gasteiger partial charge in [-0.05, 0) is 38.0 Å². The molecule has 0 spiro atoms. The van der Waals surface area contributed by atoms with Gasteiger partial charge in [0.2, 0.25) is 5.15 Å². The van der Waals surface area contributed by atoms with Gasteiger partial charge in [-0.2, -0.15) is 0 Å². The van der Waals surface area contributed by atoms with Crippen molar-refractivity contribution >= 4 is 40.0 Å². The van der Waals surface area contributed by atoms with Crippen molar-refractivity contribution in [1.29, 1.82) is 0 Å². The Bertz CT molecular complexity index is 1020. The van der Waals surface area contributed by atoms with Crippen LogP contribution in [0.4, 0.5) is 5.69 Å². The van der Waals surface area contributed by atoms with Gasteiger partial charge >= 0.3 is 5.69 Å². The van der Waals surface area contributed by atoms with Crippen molar-refractivity contribution in [2.75, 3.05) is 13.1 Å². The van der Waals surface area contributed by atoms with Crippen LogP contribution in [-0.4, -0.2) is 32.9 Å². The lowest BCUT2D eigenvalue weighted by Crippen LogP contribution is -2.17. The van der Waals surface area contributed by atoms with Crippen LogP contribution < -0.4 is 0 Å². The van der Waals surface area contributed by atoms with E-state index in [1.54, 1.807) is 13.0 Å². The predicted molar refractivity (Wildman–Crippen MR) is 103 cm³/mol. The second-order valence-corrected chi connectivity index (χ2v) is 6.78. The molecule has 1 aliphatic rings. The van der Waals surface area contributed by atoms with E-state index in [0.29, 0.717) is 11.6 Å². The summed E-state index contributed by atoms with van der Waals surface area (Å²) in [4.78, 5) is 21.3. The van der Waals surface area contributed by atoms with Gasteiger partial charge in [-0.15, -0.1) is 0 Å². The molecule has 1 saturated heterocycles. The van der Waals surface area contributed by atoms with E-state index in [9.17, 15) is 10.1 Å². The fourth-order valence-corrected chi connectivity index (χ4v) is 3.62. The van der Waals surface area contributed by atoms with Crippen LogP contribution in [0.15, 0.2) is 34.7 Å². The van der Waals surface area contributed by atoms with Gasteiger partial charge in [0.1, 0.15) is 17.1 Å². The van der Waals surface area contributed by atoms with Crippen molar-refractivity contribution in [2.24, 2.45) is 0 Å². The van der Waals surface area contributed by atoms with Crippen LogP contribution in [0, 0.1) is 17.0 Å². The van der Waals surface area contributed by atoms with E-state index in [0.717, 1.165) is 42.6 Å². The Morgan fingerprint density at radius 2 is 2.04 bits per heavy atom. The van der Waals surface area contributed by atoms with E-state index < -0.39 is 4.92 Å². The van der Waals surface area contributed by atoms with Gasteiger partial charge in [0.25, 0.3) is 0 Å². The number of likely N-dealkylation sites (tertiary alicyclic amines) is 1. The van der Waals surface area contributed by atoms with E-state index in [-0.39, 0.29) is 16.5 Å². The van der Waals surface area contributed by atoms with Crippen LogP contribution in [0.25, 0.3) is 22.7 Å². The zero-order valence-electron chi connectivity index (χ0n) is 14.7. The van der Waals surface area contributed by atoms with Crippen molar-refractivity contribution in [3.63, 3.8) is 0 Å². The summed E-state index contributed by atoms with van der Waals surface area (Å²) >= 11 is 6.02. The minimum absolute atomic E-state index is 0.163. The first-order valence-electron chi connectivity index (χ1n) is 8.67. The maximum atomic E-state index is 11.5. The molecule has 3 heterocycles. The molecule has 0 bridgehead atoms. The maximum absolute atomic E-state index is 11.5. The van der Waals surface area contributed by atoms with Crippen LogP contribution in [-0.2, 0) is 0 Å². The fraction of sp³-hybridized carbons (Fsp3) is 0.263. The highest BCUT2D eigenvalue weighted by atomic mass is 35.5. The van der Waals surface area contributed by atoms with Gasteiger partial charge in [-0.1, -0.05) is 29.8 Å². The summed E-state index contributed by atoms with van der Waals surface area (Å²) in [6, 6.07) is 9.67. The van der Waals surface area contributed by atoms with Crippen LogP contribution >= 0.6 is 11.6 Å². The molecule has 0 aliphatic carbocycles. The first kappa shape index (κ1) is 17.5. The molecule has 1 aliphatic heterocycles. The van der Waals surface area contributed by atoms with E-state index in [2.05, 4.69) is 14.9 Å². The topological polar surface area (TPSA) is 85.3 Å². The lowest BCUT2D eigenvalue weighted by molar-refractivity contribution is -0.385. The molecule has 0 unspecified atom stereocenters. The third-order valence-corrected chi connectivity index (χ3v) is 4.82. The summed E-state index contributed by atoms with van der Waals surface area (Å²) < 4.78 is 6.02. The number of nitrogens with zero attached hydrogens (tertiary/aromatic N) is 4. The van der Waals surface area contributed by atoms with Gasteiger partial charge in [0, 0.05) is 18.5 Å². The van der Waals surface area contributed by atoms with Gasteiger partial charge in [0.05, 0.1) is 10.6 Å². The Labute approximate surface area is 160 Å². The Kier molecular flexibility index (Phi) is 4.53. The third kappa shape index (κ3) is 3.38. The van der Waals surface area contributed by atoms with E-state index in [4.69, 9.17) is 16.0 Å². The molecule has 27 heavy (non-hydrogen) atoms. The molecule has 1 aromatic carbocycles. The predicted octanol–water partition coefficient (Wildman–Crippen LogP) is 4.69. The fourth-order valence-electron chi connectivity index (χ4n) is 3.34. The Morgan fingerprint density at radius 3 is 2.74 bits per heavy atom. The number of halogens is 1. The second kappa shape index (κ2) is 7.00. The van der Waals surface area contributed by atoms with Gasteiger partial charge in [-0.3, -0.25) is 10.1 Å². The number of furan rings is 1. The molecular formula is C19H17ClN4O3. The van der Waals surface area contributed by atoms with Gasteiger partial charge in [-0.25, -0.2) is 9.97 Å². The summed E-state index contributed by atoms with van der Waals surface area (Å²) in [7, 11) is 0. The standard InChI is InChI=1S/C19H17ClN4O3/c1-12-21-14(18(24(25)26)19(20)22-12)11-15(23-8-4-5-9-23)17-10-13-6-2-3-7-16(13)27-17/h2-3,6-7,10-11H,4-5,8-9H2,1H3/b15-11-. The van der Waals surface area contributed by atoms with E-state index >= 15 is 0 Å². The second-order valence-electron chi connectivity index (χ2n) is 6.42. The molecule has 7 nitrogen and oxygen atoms in total. The van der Waals surface area contributed by atoms with Crippen LogP contribution in [0.3, 0.4) is 0 Å². The minimum atomic E-state index is -0.548. The average Bonchev–Trinajstić information content (AvgIpc) is 3.28. The maximum Gasteiger partial charge on any atom is 0.331 e. The van der Waals surface area contributed by atoms with Crippen molar-refractivity contribution in [1.82, 2.24) is 14.9 Å². The molecular weight excluding hydrogens is 368 g/mol. The molecule has 8 heteroatoms. The minimum Gasteiger partial charge on any atom is -0.455 e. The monoisotopic (exact) mass is 384 g/mol. The number of fused-ring (bicyclic) bond motifs is 1. The first-order valence-corrected chi connectivity index (χ1v) is 9.05. The van der Waals surface area contributed by atoms with Crippen LogP contribution in [0.2, 0.25) is 5.15 Å². The normalized spacial score (nSPS) is 14.9. The number of para-hydroxylation sites is 1. The molecule has 4 rings (SSSR count). The van der Waals surface area contributed by atoms with E-state index in [1.165, 1.54) is 0 Å². The highest BCUT2D eigenvalue weighted by Crippen LogP contribution is 2.33. The zero-order valence-corrected chi connectivity index (χ0v) is 15.4. The van der Waals surface area contributed by atoms with Crippen LogP contribution in [0.5, 0.6) is 0 Å². The largest absolute Gasteiger partial charge is 0.455 e. The zero-order chi connectivity index (χ0) is 19.0. The van der Waals surface area contributed by atoms with Gasteiger partial charge in [0.15, 0.2) is 5.76 Å². The molecule has 2 aromatic heterocycles. The highest BCUT2D eigenvalue weighted by Gasteiger charge is 2.25. The number of rotatable bonds is 4. The first-order chi connectivity index (χ1) is 13.0. The summed E-state index contributed by atoms with van der Waals surface area (Å²) in [5.41, 5.74) is 1.42. The molecule has 0 N–H and O–H groups in total. The molecule has 0 saturated carbocycles. The lowest BCUT2D eigenvalue weighted by atomic mass is 10.2. The summed E-state index contributed by atoms with van der Waals surface area (Å²) in [6.07, 6.45) is 3.80. The average molecular weight is 385 g/mol. The highest BCUT2D eigenvalue weighted by molar-refractivity contribution is 6.31. The lowest BCUT2D eigenvalue weighted by Gasteiger charge is -2.19. The Morgan fingerprint density at radius 1 is 1.30 bits per heavy atom. The Balaban J connectivity index is 1.90. The molecule has 138 valence electrons. The quantitative estimate of drug-likeness (QED) is 0.368. The third-order valence-electron chi connectivity index (χ3n) is 4.56.